The van der Waals surface area contributed by atoms with Crippen molar-refractivity contribution in [2.45, 2.75) is 6.92 Å². The van der Waals surface area contributed by atoms with Crippen molar-refractivity contribution in [3.8, 4) is 5.75 Å². The zero-order chi connectivity index (χ0) is 14.5. The minimum Gasteiger partial charge on any atom is -0.492 e. The van der Waals surface area contributed by atoms with Crippen molar-refractivity contribution in [1.82, 2.24) is 9.91 Å². The van der Waals surface area contributed by atoms with Crippen LogP contribution in [0.15, 0.2) is 26.2 Å². The molecule has 0 N–H and O–H groups in total. The van der Waals surface area contributed by atoms with E-state index in [1.807, 2.05) is 25.3 Å². The first-order valence-electron chi connectivity index (χ1n) is 6.69. The van der Waals surface area contributed by atoms with E-state index in [1.165, 1.54) is 0 Å². The number of piperazine rings is 1. The first kappa shape index (κ1) is 15.8. The Hall–Kier alpha value is -0.590. The van der Waals surface area contributed by atoms with Crippen LogP contribution in [-0.4, -0.2) is 56.0 Å². The van der Waals surface area contributed by atoms with Gasteiger partial charge in [0.15, 0.2) is 0 Å². The Morgan fingerprint density at radius 1 is 1.25 bits per heavy atom. The number of halogens is 2. The van der Waals surface area contributed by atoms with E-state index in [9.17, 15) is 0 Å². The number of likely N-dealkylation sites (N-methyl/N-ethyl adjacent to an activating group) is 1. The summed E-state index contributed by atoms with van der Waals surface area (Å²) in [6, 6.07) is 4.01. The summed E-state index contributed by atoms with van der Waals surface area (Å²) in [6.07, 6.45) is 1.88. The van der Waals surface area contributed by atoms with Gasteiger partial charge in [0.1, 0.15) is 5.75 Å². The third-order valence-electron chi connectivity index (χ3n) is 3.17. The molecule has 110 valence electrons. The molecule has 1 aromatic carbocycles. The fourth-order valence-electron chi connectivity index (χ4n) is 2.03. The van der Waals surface area contributed by atoms with Crippen molar-refractivity contribution in [1.29, 1.82) is 0 Å². The lowest BCUT2D eigenvalue weighted by Crippen LogP contribution is -2.41. The van der Waals surface area contributed by atoms with Crippen LogP contribution in [0.5, 0.6) is 5.75 Å². The molecule has 0 amide bonds. The molecule has 2 rings (SSSR count). The van der Waals surface area contributed by atoms with Crippen molar-refractivity contribution in [3.63, 3.8) is 0 Å². The van der Waals surface area contributed by atoms with Crippen molar-refractivity contribution >= 4 is 38.1 Å². The van der Waals surface area contributed by atoms with Gasteiger partial charge in [0.05, 0.1) is 17.3 Å². The van der Waals surface area contributed by atoms with Crippen LogP contribution in [-0.2, 0) is 0 Å². The fraction of sp³-hybridized carbons (Fsp3) is 0.500. The van der Waals surface area contributed by atoms with Crippen LogP contribution in [0.2, 0.25) is 0 Å². The molecule has 0 atom stereocenters. The Balaban J connectivity index is 2.15. The predicted octanol–water partition coefficient (Wildman–Crippen LogP) is 3.19. The Bertz CT molecular complexity index is 486. The Kier molecular flexibility index (Phi) is 5.86. The van der Waals surface area contributed by atoms with Crippen LogP contribution in [0.4, 0.5) is 0 Å². The number of benzene rings is 1. The average Bonchev–Trinajstić information content (AvgIpc) is 2.41. The molecular weight excluding hydrogens is 386 g/mol. The Morgan fingerprint density at radius 3 is 2.60 bits per heavy atom. The first-order valence-corrected chi connectivity index (χ1v) is 8.28. The first-order chi connectivity index (χ1) is 9.60. The SMILES string of the molecule is CCOc1c(Br)cc(Br)cc1/C=N\N1CCN(C)CC1. The van der Waals surface area contributed by atoms with Crippen molar-refractivity contribution in [3.05, 3.63) is 26.6 Å². The molecule has 1 fully saturated rings. The summed E-state index contributed by atoms with van der Waals surface area (Å²) in [6.45, 7) is 6.65. The Labute approximate surface area is 137 Å². The van der Waals surface area contributed by atoms with Crippen LogP contribution in [0.25, 0.3) is 0 Å². The molecule has 1 aliphatic heterocycles. The van der Waals surface area contributed by atoms with E-state index in [0.717, 1.165) is 46.4 Å². The topological polar surface area (TPSA) is 28.1 Å². The maximum absolute atomic E-state index is 5.69. The molecule has 0 unspecified atom stereocenters. The summed E-state index contributed by atoms with van der Waals surface area (Å²) < 4.78 is 7.64. The molecule has 0 aliphatic carbocycles. The molecule has 1 aliphatic rings. The number of ether oxygens (including phenoxy) is 1. The molecule has 1 saturated heterocycles. The largest absolute Gasteiger partial charge is 0.492 e. The lowest BCUT2D eigenvalue weighted by molar-refractivity contribution is 0.159. The van der Waals surface area contributed by atoms with E-state index in [2.05, 4.69) is 53.9 Å². The molecule has 1 heterocycles. The van der Waals surface area contributed by atoms with E-state index in [4.69, 9.17) is 4.74 Å². The van der Waals surface area contributed by atoms with Gasteiger partial charge in [0.2, 0.25) is 0 Å². The molecule has 0 aromatic heterocycles. The molecule has 0 radical (unpaired) electrons. The summed E-state index contributed by atoms with van der Waals surface area (Å²) in [5.74, 6) is 0.841. The number of hydrazone groups is 1. The van der Waals surface area contributed by atoms with Gasteiger partial charge in [0.25, 0.3) is 0 Å². The molecule has 20 heavy (non-hydrogen) atoms. The monoisotopic (exact) mass is 403 g/mol. The number of hydrogen-bond donors (Lipinski definition) is 0. The molecule has 0 bridgehead atoms. The van der Waals surface area contributed by atoms with Crippen LogP contribution in [0.1, 0.15) is 12.5 Å². The van der Waals surface area contributed by atoms with Gasteiger partial charge in [-0.15, -0.1) is 0 Å². The summed E-state index contributed by atoms with van der Waals surface area (Å²) >= 11 is 7.04. The lowest BCUT2D eigenvalue weighted by Gasteiger charge is -2.30. The molecule has 0 saturated carbocycles. The van der Waals surface area contributed by atoms with Gasteiger partial charge in [0, 0.05) is 36.2 Å². The average molecular weight is 405 g/mol. The van der Waals surface area contributed by atoms with Crippen molar-refractivity contribution < 1.29 is 4.74 Å². The van der Waals surface area contributed by atoms with Gasteiger partial charge in [-0.25, -0.2) is 0 Å². The van der Waals surface area contributed by atoms with Gasteiger partial charge in [-0.2, -0.15) is 5.10 Å². The van der Waals surface area contributed by atoms with Crippen LogP contribution in [0.3, 0.4) is 0 Å². The number of hydrogen-bond acceptors (Lipinski definition) is 4. The number of rotatable bonds is 4. The van der Waals surface area contributed by atoms with E-state index in [-0.39, 0.29) is 0 Å². The standard InChI is InChI=1S/C14H19Br2N3O/c1-3-20-14-11(8-12(15)9-13(14)16)10-17-19-6-4-18(2)5-7-19/h8-10H,3-7H2,1-2H3/b17-10-. The molecule has 1 aromatic rings. The highest BCUT2D eigenvalue weighted by Gasteiger charge is 2.12. The molecule has 6 heteroatoms. The maximum atomic E-state index is 5.69. The second-order valence-corrected chi connectivity index (χ2v) is 6.51. The summed E-state index contributed by atoms with van der Waals surface area (Å²) in [7, 11) is 2.14. The Morgan fingerprint density at radius 2 is 1.95 bits per heavy atom. The highest BCUT2D eigenvalue weighted by atomic mass is 79.9. The zero-order valence-corrected chi connectivity index (χ0v) is 14.9. The second kappa shape index (κ2) is 7.43. The second-order valence-electron chi connectivity index (χ2n) is 4.74. The van der Waals surface area contributed by atoms with Crippen LogP contribution in [0, 0.1) is 0 Å². The van der Waals surface area contributed by atoms with Crippen molar-refractivity contribution in [2.24, 2.45) is 5.10 Å². The van der Waals surface area contributed by atoms with Crippen LogP contribution >= 0.6 is 31.9 Å². The minimum atomic E-state index is 0.635. The zero-order valence-electron chi connectivity index (χ0n) is 11.8. The highest BCUT2D eigenvalue weighted by Crippen LogP contribution is 2.32. The summed E-state index contributed by atoms with van der Waals surface area (Å²) in [5, 5.41) is 6.67. The highest BCUT2D eigenvalue weighted by molar-refractivity contribution is 9.11. The quantitative estimate of drug-likeness (QED) is 0.721. The van der Waals surface area contributed by atoms with Gasteiger partial charge in [-0.05, 0) is 42.0 Å². The van der Waals surface area contributed by atoms with E-state index in [0.29, 0.717) is 6.61 Å². The predicted molar refractivity (Wildman–Crippen MR) is 89.7 cm³/mol. The maximum Gasteiger partial charge on any atom is 0.142 e. The summed E-state index contributed by atoms with van der Waals surface area (Å²) in [5.41, 5.74) is 0.979. The van der Waals surface area contributed by atoms with E-state index < -0.39 is 0 Å². The molecular formula is C14H19Br2N3O. The van der Waals surface area contributed by atoms with E-state index >= 15 is 0 Å². The molecule has 0 spiro atoms. The third kappa shape index (κ3) is 4.20. The van der Waals surface area contributed by atoms with Crippen molar-refractivity contribution in [2.75, 3.05) is 39.8 Å². The van der Waals surface area contributed by atoms with Gasteiger partial charge in [-0.3, -0.25) is 5.01 Å². The third-order valence-corrected chi connectivity index (χ3v) is 4.21. The van der Waals surface area contributed by atoms with Gasteiger partial charge >= 0.3 is 0 Å². The smallest absolute Gasteiger partial charge is 0.142 e. The fourth-order valence-corrected chi connectivity index (χ4v) is 3.40. The lowest BCUT2D eigenvalue weighted by atomic mass is 10.2. The molecule has 4 nitrogen and oxygen atoms in total. The van der Waals surface area contributed by atoms with Crippen LogP contribution < -0.4 is 4.74 Å². The van der Waals surface area contributed by atoms with E-state index in [1.54, 1.807) is 0 Å². The van der Waals surface area contributed by atoms with Gasteiger partial charge < -0.3 is 9.64 Å². The number of nitrogens with zero attached hydrogens (tertiary/aromatic N) is 3. The normalized spacial score (nSPS) is 16.9. The van der Waals surface area contributed by atoms with Gasteiger partial charge in [-0.1, -0.05) is 15.9 Å². The minimum absolute atomic E-state index is 0.635. The summed E-state index contributed by atoms with van der Waals surface area (Å²) in [4.78, 5) is 2.31.